The Kier molecular flexibility index (Phi) is 8.09. The molecule has 0 amide bonds. The maximum Gasteiger partial charge on any atom is 0.145 e. The van der Waals surface area contributed by atoms with Crippen LogP contribution in [0.15, 0.2) is 133 Å². The fraction of sp³-hybridized carbons (Fsp3) is 0.276. The zero-order chi connectivity index (χ0) is 45.7. The number of pyridine rings is 1. The minimum atomic E-state index is -1.68. The Labute approximate surface area is 378 Å². The van der Waals surface area contributed by atoms with Crippen molar-refractivity contribution < 1.29 is 2.74 Å². The first-order valence-corrected chi connectivity index (χ1v) is 23.1. The van der Waals surface area contributed by atoms with Crippen molar-refractivity contribution >= 4 is 60.5 Å². The van der Waals surface area contributed by atoms with Crippen molar-refractivity contribution in [2.24, 2.45) is 10.4 Å². The molecular weight excluding hydrogens is 785 g/mol. The van der Waals surface area contributed by atoms with Crippen molar-refractivity contribution in [3.8, 4) is 22.5 Å². The Hall–Kier alpha value is -5.91. The Bertz CT molecular complexity index is 3520. The van der Waals surface area contributed by atoms with Crippen LogP contribution in [0, 0.1) is 33.1 Å². The fourth-order valence-electron chi connectivity index (χ4n) is 10.9. The van der Waals surface area contributed by atoms with E-state index in [-0.39, 0.29) is 10.8 Å². The number of nitrogens with zero attached hydrogens (tertiary/aromatic N) is 4. The van der Waals surface area contributed by atoms with E-state index >= 15 is 0 Å². The highest BCUT2D eigenvalue weighted by molar-refractivity contribution is 8.15. The summed E-state index contributed by atoms with van der Waals surface area (Å²) >= 11 is 1.78. The number of aryl methyl sites for hydroxylation is 4. The molecule has 1 aliphatic carbocycles. The molecule has 0 saturated heterocycles. The third kappa shape index (κ3) is 5.81. The maximum atomic E-state index is 9.90. The van der Waals surface area contributed by atoms with E-state index in [0.29, 0.717) is 0 Å². The second kappa shape index (κ2) is 13.5. The molecule has 2 atom stereocenters. The molecular formula is C58H56N4S. The third-order valence-electron chi connectivity index (χ3n) is 14.1. The molecule has 0 spiro atoms. The average molecular weight is 843 g/mol. The van der Waals surface area contributed by atoms with Gasteiger partial charge in [-0.1, -0.05) is 113 Å². The molecule has 1 aliphatic heterocycles. The molecule has 3 aromatic heterocycles. The average Bonchev–Trinajstić information content (AvgIpc) is 3.92. The molecule has 9 aromatic rings. The highest BCUT2D eigenvalue weighted by atomic mass is 32.2. The molecule has 0 bridgehead atoms. The van der Waals surface area contributed by atoms with Crippen LogP contribution in [0.1, 0.15) is 95.7 Å². The summed E-state index contributed by atoms with van der Waals surface area (Å²) in [4.78, 5) is 10.7. The van der Waals surface area contributed by atoms with E-state index in [1.54, 1.807) is 11.8 Å². The van der Waals surface area contributed by atoms with Crippen LogP contribution < -0.4 is 0 Å². The Morgan fingerprint density at radius 2 is 1.33 bits per heavy atom. The molecule has 0 fully saturated rings. The molecule has 63 heavy (non-hydrogen) atoms. The monoisotopic (exact) mass is 842 g/mol. The lowest BCUT2D eigenvalue weighted by Gasteiger charge is -2.46. The Morgan fingerprint density at radius 1 is 0.619 bits per heavy atom. The van der Waals surface area contributed by atoms with Gasteiger partial charge in [0.1, 0.15) is 5.65 Å². The third-order valence-corrected chi connectivity index (χ3v) is 16.2. The Balaban J connectivity index is 1.16. The highest BCUT2D eigenvalue weighted by Gasteiger charge is 2.65. The summed E-state index contributed by atoms with van der Waals surface area (Å²) in [6, 6.07) is 44.5. The van der Waals surface area contributed by atoms with Gasteiger partial charge in [-0.15, -0.1) is 0 Å². The van der Waals surface area contributed by atoms with Crippen LogP contribution in [0.2, 0.25) is 0 Å². The number of aromatic nitrogens is 3. The van der Waals surface area contributed by atoms with E-state index in [0.717, 1.165) is 66.3 Å². The Morgan fingerprint density at radius 3 is 2.10 bits per heavy atom. The lowest BCUT2D eigenvalue weighted by molar-refractivity contribution is 0.203. The van der Waals surface area contributed by atoms with Crippen LogP contribution in [0.4, 0.5) is 0 Å². The second-order valence-electron chi connectivity index (χ2n) is 20.5. The van der Waals surface area contributed by atoms with Crippen LogP contribution in [-0.2, 0) is 16.5 Å². The van der Waals surface area contributed by atoms with E-state index in [2.05, 4.69) is 201 Å². The number of aliphatic imine (C=N–C) groups is 1. The number of benzene rings is 6. The van der Waals surface area contributed by atoms with E-state index in [1.165, 1.54) is 49.5 Å². The van der Waals surface area contributed by atoms with E-state index in [1.807, 2.05) is 12.3 Å². The van der Waals surface area contributed by atoms with E-state index in [4.69, 9.17) is 9.98 Å². The van der Waals surface area contributed by atoms with Gasteiger partial charge in [-0.2, -0.15) is 0 Å². The maximum absolute atomic E-state index is 9.90. The molecule has 0 N–H and O–H groups in total. The van der Waals surface area contributed by atoms with Crippen molar-refractivity contribution in [3.63, 3.8) is 0 Å². The number of fused-ring (bicyclic) bond motifs is 9. The molecule has 5 heteroatoms. The molecule has 2 aliphatic rings. The molecule has 6 aromatic carbocycles. The van der Waals surface area contributed by atoms with E-state index in [9.17, 15) is 2.74 Å². The minimum absolute atomic E-state index is 0.184. The number of hydrogen-bond acceptors (Lipinski definition) is 3. The number of thioether (sulfide) groups is 1. The van der Waals surface area contributed by atoms with Crippen LogP contribution in [-0.4, -0.2) is 24.7 Å². The van der Waals surface area contributed by atoms with E-state index < -0.39 is 16.7 Å². The predicted octanol–water partition coefficient (Wildman–Crippen LogP) is 15.2. The summed E-state index contributed by atoms with van der Waals surface area (Å²) in [6.07, 6.45) is 0.217. The lowest BCUT2D eigenvalue weighted by Crippen LogP contribution is -2.49. The molecule has 4 nitrogen and oxygen atoms in total. The largest absolute Gasteiger partial charge is 0.309 e. The van der Waals surface area contributed by atoms with Crippen molar-refractivity contribution in [3.05, 3.63) is 172 Å². The van der Waals surface area contributed by atoms with Crippen LogP contribution in [0.25, 0.3) is 66.2 Å². The number of rotatable bonds is 4. The topological polar surface area (TPSA) is 35.1 Å². The van der Waals surface area contributed by atoms with Crippen LogP contribution in [0.5, 0.6) is 0 Å². The predicted molar refractivity (Wildman–Crippen MR) is 270 cm³/mol. The van der Waals surface area contributed by atoms with Gasteiger partial charge in [0.05, 0.1) is 37.6 Å². The minimum Gasteiger partial charge on any atom is -0.309 e. The van der Waals surface area contributed by atoms with Crippen molar-refractivity contribution in [2.75, 3.05) is 0 Å². The molecule has 0 unspecified atom stereocenters. The fourth-order valence-corrected chi connectivity index (χ4v) is 12.5. The second-order valence-corrected chi connectivity index (χ2v) is 21.7. The van der Waals surface area contributed by atoms with Crippen molar-refractivity contribution in [1.82, 2.24) is 14.1 Å². The van der Waals surface area contributed by atoms with Gasteiger partial charge >= 0.3 is 0 Å². The summed E-state index contributed by atoms with van der Waals surface area (Å²) in [7, 11) is 0. The normalized spacial score (nSPS) is 20.1. The summed E-state index contributed by atoms with van der Waals surface area (Å²) in [5.74, 6) is 0. The van der Waals surface area contributed by atoms with Crippen LogP contribution in [0.3, 0.4) is 0 Å². The van der Waals surface area contributed by atoms with Gasteiger partial charge in [0.25, 0.3) is 0 Å². The zero-order valence-electron chi connectivity index (χ0n) is 40.3. The molecule has 4 heterocycles. The molecule has 0 saturated carbocycles. The lowest BCUT2D eigenvalue weighted by atomic mass is 9.68. The quantitative estimate of drug-likeness (QED) is 0.177. The van der Waals surface area contributed by atoms with Gasteiger partial charge in [-0.05, 0) is 163 Å². The highest BCUT2D eigenvalue weighted by Crippen LogP contribution is 2.67. The molecule has 0 radical (unpaired) electrons. The first-order valence-electron chi connectivity index (χ1n) is 23.3. The van der Waals surface area contributed by atoms with Crippen LogP contribution >= 0.6 is 11.8 Å². The number of hydrogen-bond donors (Lipinski definition) is 0. The first-order chi connectivity index (χ1) is 30.7. The smallest absolute Gasteiger partial charge is 0.145 e. The van der Waals surface area contributed by atoms with Crippen molar-refractivity contribution in [1.29, 1.82) is 0 Å². The van der Waals surface area contributed by atoms with Gasteiger partial charge in [-0.3, -0.25) is 9.56 Å². The molecule has 314 valence electrons. The zero-order valence-corrected chi connectivity index (χ0v) is 39.1. The van der Waals surface area contributed by atoms with Gasteiger partial charge in [0.2, 0.25) is 0 Å². The standard InChI is InChI=1S/C58H56N4S/c1-34-19-21-49-45(24-34)46-26-37(4)51(62-50-22-20-39(38-16-13-12-14-17-38)30-47(50)44-18-15-23-59-53(44)62)32-52(46)61(49)43-29-40(28-42(31-43)55(5,6)7)54-60-57(11)33-41-25-35(2)36(3)27-48(41)58(57,63-54)56(8,9)10/h12-32H,33H2,1-11H3/t57-,58-/m1/s1/i33D2. The van der Waals surface area contributed by atoms with Gasteiger partial charge in [0, 0.05) is 41.7 Å². The summed E-state index contributed by atoms with van der Waals surface area (Å²) in [6.45, 7) is 24.3. The van der Waals surface area contributed by atoms with Crippen molar-refractivity contribution in [2.45, 2.75) is 98.2 Å². The van der Waals surface area contributed by atoms with Gasteiger partial charge < -0.3 is 4.57 Å². The molecule has 11 rings (SSSR count). The van der Waals surface area contributed by atoms with Gasteiger partial charge in [-0.25, -0.2) is 4.98 Å². The summed E-state index contributed by atoms with van der Waals surface area (Å²) in [5.41, 5.74) is 16.0. The summed E-state index contributed by atoms with van der Waals surface area (Å²) in [5, 5.41) is 5.59. The first kappa shape index (κ1) is 37.6. The van der Waals surface area contributed by atoms with Gasteiger partial charge in [0.15, 0.2) is 0 Å². The SMILES string of the molecule is [2H]C1([2H])c2cc(C)c(C)cc2[C@]2(C(C)(C)C)SC(c3cc(-n4c5ccc(C)cc5c5cc(C)c(-n6c7ccc(-c8ccccc8)cc7c7cccnc76)cc54)cc(C(C)(C)C)c3)=N[C@]12C. The summed E-state index contributed by atoms with van der Waals surface area (Å²) < 4.78 is 23.9.